The number of rotatable bonds is 4. The Balaban J connectivity index is 1.56. The fourth-order valence-electron chi connectivity index (χ4n) is 3.21. The molecular formula is C18H18ClN3O4. The molecule has 3 heterocycles. The molecule has 8 heteroatoms. The largest absolute Gasteiger partial charge is 0.442 e. The number of alkyl halides is 1. The Kier molecular flexibility index (Phi) is 4.57. The van der Waals surface area contributed by atoms with Crippen molar-refractivity contribution in [3.63, 3.8) is 0 Å². The van der Waals surface area contributed by atoms with Crippen LogP contribution < -0.4 is 10.2 Å². The third kappa shape index (κ3) is 3.15. The first-order valence-electron chi connectivity index (χ1n) is 8.34. The van der Waals surface area contributed by atoms with Gasteiger partial charge in [-0.25, -0.2) is 4.79 Å². The van der Waals surface area contributed by atoms with Crippen LogP contribution in [0.3, 0.4) is 0 Å². The van der Waals surface area contributed by atoms with Crippen molar-refractivity contribution in [2.45, 2.75) is 19.3 Å². The minimum Gasteiger partial charge on any atom is -0.442 e. The molecule has 1 saturated heterocycles. The molecular weight excluding hydrogens is 358 g/mol. The van der Waals surface area contributed by atoms with E-state index in [1.165, 1.54) is 0 Å². The summed E-state index contributed by atoms with van der Waals surface area (Å²) in [5.74, 6) is -0.400. The number of hydrogen-bond acceptors (Lipinski definition) is 4. The van der Waals surface area contributed by atoms with Crippen LogP contribution in [0.1, 0.15) is 11.3 Å². The maximum absolute atomic E-state index is 12.3. The zero-order valence-corrected chi connectivity index (χ0v) is 14.7. The van der Waals surface area contributed by atoms with E-state index in [2.05, 4.69) is 9.88 Å². The minimum absolute atomic E-state index is 0.115. The molecule has 1 atom stereocenters. The van der Waals surface area contributed by atoms with E-state index in [-0.39, 0.29) is 18.3 Å². The van der Waals surface area contributed by atoms with Crippen molar-refractivity contribution >= 4 is 29.3 Å². The molecule has 0 unspecified atom stereocenters. The summed E-state index contributed by atoms with van der Waals surface area (Å²) in [5, 5.41) is 2.64. The molecule has 1 aromatic carbocycles. The smallest absolute Gasteiger partial charge is 0.414 e. The van der Waals surface area contributed by atoms with E-state index in [1.807, 2.05) is 36.5 Å². The summed E-state index contributed by atoms with van der Waals surface area (Å²) in [6, 6.07) is 9.81. The first-order chi connectivity index (χ1) is 12.7. The van der Waals surface area contributed by atoms with E-state index in [0.717, 1.165) is 22.6 Å². The van der Waals surface area contributed by atoms with Gasteiger partial charge in [-0.15, -0.1) is 11.6 Å². The van der Waals surface area contributed by atoms with E-state index in [1.54, 1.807) is 4.90 Å². The fourth-order valence-corrected chi connectivity index (χ4v) is 3.31. The normalized spacial score (nSPS) is 18.7. The molecule has 1 N–H and O–H groups in total. The number of ether oxygens (including phenoxy) is 2. The average molecular weight is 376 g/mol. The lowest BCUT2D eigenvalue weighted by Gasteiger charge is -2.17. The predicted molar refractivity (Wildman–Crippen MR) is 95.6 cm³/mol. The Labute approximate surface area is 155 Å². The number of halogens is 1. The van der Waals surface area contributed by atoms with Crippen LogP contribution in [0.4, 0.5) is 10.5 Å². The van der Waals surface area contributed by atoms with Crippen LogP contribution in [-0.4, -0.2) is 41.6 Å². The van der Waals surface area contributed by atoms with E-state index >= 15 is 0 Å². The maximum Gasteiger partial charge on any atom is 0.414 e. The first-order valence-corrected chi connectivity index (χ1v) is 8.87. The van der Waals surface area contributed by atoms with Gasteiger partial charge < -0.3 is 19.4 Å². The predicted octanol–water partition coefficient (Wildman–Crippen LogP) is 2.19. The molecule has 136 valence electrons. The lowest BCUT2D eigenvalue weighted by Crippen LogP contribution is -2.35. The summed E-state index contributed by atoms with van der Waals surface area (Å²) < 4.78 is 13.1. The quantitative estimate of drug-likeness (QED) is 0.831. The van der Waals surface area contributed by atoms with Crippen molar-refractivity contribution in [1.82, 2.24) is 9.88 Å². The second-order valence-electron chi connectivity index (χ2n) is 6.23. The highest BCUT2D eigenvalue weighted by Gasteiger charge is 2.33. The van der Waals surface area contributed by atoms with E-state index < -0.39 is 12.2 Å². The highest BCUT2D eigenvalue weighted by molar-refractivity contribution is 6.27. The van der Waals surface area contributed by atoms with E-state index in [9.17, 15) is 9.59 Å². The van der Waals surface area contributed by atoms with Gasteiger partial charge >= 0.3 is 6.09 Å². The van der Waals surface area contributed by atoms with E-state index in [0.29, 0.717) is 19.8 Å². The van der Waals surface area contributed by atoms with Gasteiger partial charge in [0.2, 0.25) is 5.91 Å². The summed E-state index contributed by atoms with van der Waals surface area (Å²) in [4.78, 5) is 25.1. The van der Waals surface area contributed by atoms with Gasteiger partial charge in [-0.3, -0.25) is 9.69 Å². The van der Waals surface area contributed by atoms with Gasteiger partial charge in [0.25, 0.3) is 0 Å². The average Bonchev–Trinajstić information content (AvgIpc) is 3.22. The van der Waals surface area contributed by atoms with Crippen LogP contribution >= 0.6 is 11.6 Å². The van der Waals surface area contributed by atoms with Gasteiger partial charge in [-0.05, 0) is 24.3 Å². The third-order valence-corrected chi connectivity index (χ3v) is 4.75. The van der Waals surface area contributed by atoms with Crippen molar-refractivity contribution in [3.05, 3.63) is 47.8 Å². The lowest BCUT2D eigenvalue weighted by molar-refractivity contribution is -0.119. The zero-order valence-electron chi connectivity index (χ0n) is 14.0. The number of carbonyl (C=O) groups excluding carboxylic acids is 2. The maximum atomic E-state index is 12.3. The Hall–Kier alpha value is -2.51. The van der Waals surface area contributed by atoms with Crippen LogP contribution in [0.5, 0.6) is 0 Å². The number of nitrogens with one attached hydrogen (secondary N) is 1. The number of nitrogens with zero attached hydrogens (tertiary/aromatic N) is 2. The SMILES string of the molecule is O=C(CCl)NC[C@H]1CN(c2ccc3c(c2)-n2cccc2COC3)C(=O)O1. The molecule has 0 radical (unpaired) electrons. The summed E-state index contributed by atoms with van der Waals surface area (Å²) >= 11 is 5.46. The third-order valence-electron chi connectivity index (χ3n) is 4.50. The summed E-state index contributed by atoms with van der Waals surface area (Å²) in [6.07, 6.45) is 1.16. The number of benzene rings is 1. The molecule has 26 heavy (non-hydrogen) atoms. The number of anilines is 1. The minimum atomic E-state index is -0.423. The number of cyclic esters (lactones) is 1. The van der Waals surface area contributed by atoms with Crippen LogP contribution in [0.2, 0.25) is 0 Å². The number of fused-ring (bicyclic) bond motifs is 3. The van der Waals surface area contributed by atoms with Crippen molar-refractivity contribution in [2.75, 3.05) is 23.9 Å². The molecule has 2 amide bonds. The molecule has 2 aliphatic heterocycles. The molecule has 7 nitrogen and oxygen atoms in total. The molecule has 2 aliphatic rings. The van der Waals surface area contributed by atoms with Gasteiger partial charge in [0.15, 0.2) is 0 Å². The zero-order chi connectivity index (χ0) is 18.1. The Morgan fingerprint density at radius 2 is 2.19 bits per heavy atom. The number of hydrogen-bond donors (Lipinski definition) is 1. The molecule has 2 aromatic rings. The summed E-state index contributed by atoms with van der Waals surface area (Å²) in [6.45, 7) is 1.68. The van der Waals surface area contributed by atoms with Crippen LogP contribution in [0.25, 0.3) is 5.69 Å². The van der Waals surface area contributed by atoms with Gasteiger partial charge in [0.1, 0.15) is 12.0 Å². The molecule has 0 spiro atoms. The second kappa shape index (κ2) is 7.01. The second-order valence-corrected chi connectivity index (χ2v) is 6.50. The molecule has 0 saturated carbocycles. The fraction of sp³-hybridized carbons (Fsp3) is 0.333. The van der Waals surface area contributed by atoms with Gasteiger partial charge in [0.05, 0.1) is 32.0 Å². The summed E-state index contributed by atoms with van der Waals surface area (Å²) in [5.41, 5.74) is 3.86. The number of carbonyl (C=O) groups is 2. The monoisotopic (exact) mass is 375 g/mol. The molecule has 0 bridgehead atoms. The highest BCUT2D eigenvalue weighted by atomic mass is 35.5. The Bertz CT molecular complexity index is 851. The number of aromatic nitrogens is 1. The molecule has 0 aliphatic carbocycles. The van der Waals surface area contributed by atoms with Crippen LogP contribution in [0, 0.1) is 0 Å². The number of amides is 2. The van der Waals surface area contributed by atoms with Crippen molar-refractivity contribution in [3.8, 4) is 5.69 Å². The Morgan fingerprint density at radius 1 is 1.31 bits per heavy atom. The van der Waals surface area contributed by atoms with Crippen molar-refractivity contribution < 1.29 is 19.1 Å². The molecule has 4 rings (SSSR count). The van der Waals surface area contributed by atoms with Crippen LogP contribution in [0.15, 0.2) is 36.5 Å². The van der Waals surface area contributed by atoms with Crippen molar-refractivity contribution in [1.29, 1.82) is 0 Å². The highest BCUT2D eigenvalue weighted by Crippen LogP contribution is 2.29. The van der Waals surface area contributed by atoms with E-state index in [4.69, 9.17) is 21.1 Å². The molecule has 1 aromatic heterocycles. The van der Waals surface area contributed by atoms with Gasteiger partial charge in [0, 0.05) is 23.1 Å². The Morgan fingerprint density at radius 3 is 3.04 bits per heavy atom. The van der Waals surface area contributed by atoms with Crippen LogP contribution in [-0.2, 0) is 27.5 Å². The molecule has 1 fully saturated rings. The van der Waals surface area contributed by atoms with Gasteiger partial charge in [-0.1, -0.05) is 6.07 Å². The topological polar surface area (TPSA) is 72.8 Å². The summed E-state index contributed by atoms with van der Waals surface area (Å²) in [7, 11) is 0. The van der Waals surface area contributed by atoms with Crippen molar-refractivity contribution in [2.24, 2.45) is 0 Å². The first kappa shape index (κ1) is 16.9. The van der Waals surface area contributed by atoms with Gasteiger partial charge in [-0.2, -0.15) is 0 Å². The lowest BCUT2D eigenvalue weighted by atomic mass is 10.1. The standard InChI is InChI=1S/C18H18ClN3O4/c19-7-17(23)20-8-15-9-22(18(24)26-15)13-4-3-12-10-25-11-14-2-1-5-21(14)16(12)6-13/h1-6,15H,7-11H2,(H,20,23)/t15-/m0/s1.